The maximum Gasteiger partial charge on any atom is 0.469 e. The van der Waals surface area contributed by atoms with Crippen molar-refractivity contribution in [1.82, 2.24) is 0 Å². The molecule has 0 bridgehead atoms. The van der Waals surface area contributed by atoms with Crippen molar-refractivity contribution >= 4 is 19.8 Å². The molecule has 1 atom stereocenters. The van der Waals surface area contributed by atoms with Crippen LogP contribution in [-0.4, -0.2) is 41.0 Å². The van der Waals surface area contributed by atoms with Gasteiger partial charge >= 0.3 is 19.8 Å². The van der Waals surface area contributed by atoms with Crippen LogP contribution in [0.2, 0.25) is 0 Å². The number of allylic oxidation sites excluding steroid dienone is 8. The summed E-state index contributed by atoms with van der Waals surface area (Å²) in [6.45, 7) is 3.46. The maximum absolute atomic E-state index is 12.3. The fourth-order valence-electron chi connectivity index (χ4n) is 4.17. The van der Waals surface area contributed by atoms with E-state index in [1.165, 1.54) is 38.5 Å². The molecular formula is C34H59O8P. The summed E-state index contributed by atoms with van der Waals surface area (Å²) in [4.78, 5) is 42.4. The first-order chi connectivity index (χ1) is 20.8. The molecule has 0 aromatic heterocycles. The smallest absolute Gasteiger partial charge is 0.462 e. The normalized spacial score (nSPS) is 13.1. The van der Waals surface area contributed by atoms with Crippen molar-refractivity contribution in [3.8, 4) is 0 Å². The lowest BCUT2D eigenvalue weighted by Gasteiger charge is -2.18. The third-order valence-electron chi connectivity index (χ3n) is 6.59. The summed E-state index contributed by atoms with van der Waals surface area (Å²) in [5, 5.41) is 0. The molecule has 0 aromatic rings. The molecule has 0 fully saturated rings. The lowest BCUT2D eigenvalue weighted by Crippen LogP contribution is -2.29. The molecular weight excluding hydrogens is 567 g/mol. The average Bonchev–Trinajstić information content (AvgIpc) is 2.97. The molecule has 0 aliphatic rings. The summed E-state index contributed by atoms with van der Waals surface area (Å²) >= 11 is 0. The van der Waals surface area contributed by atoms with E-state index >= 15 is 0 Å². The second-order valence-electron chi connectivity index (χ2n) is 10.7. The number of hydrogen-bond acceptors (Lipinski definition) is 6. The summed E-state index contributed by atoms with van der Waals surface area (Å²) in [6, 6.07) is 0. The molecule has 8 nitrogen and oxygen atoms in total. The van der Waals surface area contributed by atoms with Crippen LogP contribution in [0.4, 0.5) is 0 Å². The van der Waals surface area contributed by atoms with Crippen molar-refractivity contribution < 1.29 is 37.9 Å². The van der Waals surface area contributed by atoms with E-state index in [4.69, 9.17) is 19.3 Å². The largest absolute Gasteiger partial charge is 0.469 e. The van der Waals surface area contributed by atoms with Gasteiger partial charge in [-0.1, -0.05) is 114 Å². The number of phosphoric ester groups is 1. The van der Waals surface area contributed by atoms with Crippen LogP contribution < -0.4 is 0 Å². The Morgan fingerprint density at radius 3 is 1.74 bits per heavy atom. The summed E-state index contributed by atoms with van der Waals surface area (Å²) in [6.07, 6.45) is 34.2. The molecule has 9 heteroatoms. The van der Waals surface area contributed by atoms with Crippen molar-refractivity contribution in [2.45, 2.75) is 142 Å². The minimum Gasteiger partial charge on any atom is -0.462 e. The number of carbonyl (C=O) groups is 2. The molecule has 43 heavy (non-hydrogen) atoms. The summed E-state index contributed by atoms with van der Waals surface area (Å²) < 4.78 is 26.1. The van der Waals surface area contributed by atoms with Crippen molar-refractivity contribution in [3.63, 3.8) is 0 Å². The quantitative estimate of drug-likeness (QED) is 0.0365. The van der Waals surface area contributed by atoms with E-state index in [-0.39, 0.29) is 19.4 Å². The zero-order chi connectivity index (χ0) is 31.9. The Hall–Kier alpha value is -1.99. The van der Waals surface area contributed by atoms with Crippen LogP contribution in [-0.2, 0) is 28.2 Å². The molecule has 0 aromatic carbocycles. The van der Waals surface area contributed by atoms with E-state index in [2.05, 4.69) is 54.8 Å². The SMILES string of the molecule is CC/C=C/C/C=C/CCCCCCCC(=O)OCC(COP(=O)(O)O)OC(=O)CC/C=C/C/C=C/CCCCCCCC. The third-order valence-corrected chi connectivity index (χ3v) is 7.08. The van der Waals surface area contributed by atoms with Gasteiger partial charge in [0.1, 0.15) is 6.61 Å². The summed E-state index contributed by atoms with van der Waals surface area (Å²) in [5.74, 6) is -0.987. The van der Waals surface area contributed by atoms with E-state index in [1.54, 1.807) is 0 Å². The molecule has 0 aliphatic carbocycles. The minimum absolute atomic E-state index is 0.101. The first-order valence-electron chi connectivity index (χ1n) is 16.4. The monoisotopic (exact) mass is 626 g/mol. The van der Waals surface area contributed by atoms with Crippen LogP contribution in [0.15, 0.2) is 48.6 Å². The van der Waals surface area contributed by atoms with Gasteiger partial charge in [0.2, 0.25) is 0 Å². The Kier molecular flexibility index (Phi) is 28.7. The van der Waals surface area contributed by atoms with Crippen LogP contribution in [0.1, 0.15) is 136 Å². The van der Waals surface area contributed by atoms with Crippen molar-refractivity contribution in [2.75, 3.05) is 13.2 Å². The van der Waals surface area contributed by atoms with Gasteiger partial charge in [0, 0.05) is 12.8 Å². The highest BCUT2D eigenvalue weighted by Gasteiger charge is 2.22. The van der Waals surface area contributed by atoms with Crippen LogP contribution in [0, 0.1) is 0 Å². The van der Waals surface area contributed by atoms with Crippen molar-refractivity contribution in [3.05, 3.63) is 48.6 Å². The Balaban J connectivity index is 4.15. The molecule has 0 spiro atoms. The predicted octanol–water partition coefficient (Wildman–Crippen LogP) is 9.23. The number of phosphoric acid groups is 1. The Morgan fingerprint density at radius 2 is 1.16 bits per heavy atom. The predicted molar refractivity (Wildman–Crippen MR) is 174 cm³/mol. The highest BCUT2D eigenvalue weighted by molar-refractivity contribution is 7.46. The first-order valence-corrected chi connectivity index (χ1v) is 18.0. The zero-order valence-electron chi connectivity index (χ0n) is 26.8. The Bertz CT molecular complexity index is 843. The average molecular weight is 627 g/mol. The van der Waals surface area contributed by atoms with Crippen molar-refractivity contribution in [2.24, 2.45) is 0 Å². The second kappa shape index (κ2) is 30.1. The Morgan fingerprint density at radius 1 is 0.628 bits per heavy atom. The van der Waals surface area contributed by atoms with E-state index < -0.39 is 32.5 Å². The fraction of sp³-hybridized carbons (Fsp3) is 0.706. The fourth-order valence-corrected chi connectivity index (χ4v) is 4.53. The van der Waals surface area contributed by atoms with Gasteiger partial charge in [-0.05, 0) is 57.8 Å². The van der Waals surface area contributed by atoms with Gasteiger partial charge in [0.25, 0.3) is 0 Å². The molecule has 0 amide bonds. The Labute approximate surface area is 261 Å². The van der Waals surface area contributed by atoms with Gasteiger partial charge in [-0.25, -0.2) is 4.57 Å². The van der Waals surface area contributed by atoms with Gasteiger partial charge < -0.3 is 19.3 Å². The number of esters is 2. The van der Waals surface area contributed by atoms with Crippen molar-refractivity contribution in [1.29, 1.82) is 0 Å². The van der Waals surface area contributed by atoms with Crippen LogP contribution in [0.5, 0.6) is 0 Å². The molecule has 0 aliphatic heterocycles. The molecule has 0 heterocycles. The number of ether oxygens (including phenoxy) is 2. The number of rotatable bonds is 29. The van der Waals surface area contributed by atoms with Gasteiger partial charge in [0.15, 0.2) is 6.10 Å². The first kappa shape index (κ1) is 41.0. The van der Waals surface area contributed by atoms with E-state index in [1.807, 2.05) is 12.2 Å². The molecule has 0 saturated heterocycles. The standard InChI is InChI=1S/C34H59O8P/c1-3-5-7-9-11-13-15-17-19-21-23-25-27-29-34(36)42-32(31-41-43(37,38)39)30-40-33(35)28-26-24-22-20-18-16-14-12-10-8-6-4-2/h6,8,12,14,17,19,23,25,32H,3-5,7,9-11,13,15-16,18,20-22,24,26-31H2,1-2H3,(H2,37,38,39)/b8-6+,14-12+,19-17+,25-23+. The van der Waals surface area contributed by atoms with Gasteiger partial charge in [-0.15, -0.1) is 0 Å². The zero-order valence-corrected chi connectivity index (χ0v) is 27.7. The van der Waals surface area contributed by atoms with E-state index in [0.717, 1.165) is 57.8 Å². The van der Waals surface area contributed by atoms with Gasteiger partial charge in [-0.3, -0.25) is 14.1 Å². The molecule has 1 unspecified atom stereocenters. The minimum atomic E-state index is -4.76. The molecule has 2 N–H and O–H groups in total. The highest BCUT2D eigenvalue weighted by Crippen LogP contribution is 2.35. The molecule has 0 saturated carbocycles. The molecule has 0 radical (unpaired) electrons. The van der Waals surface area contributed by atoms with Crippen LogP contribution in [0.25, 0.3) is 0 Å². The van der Waals surface area contributed by atoms with Gasteiger partial charge in [-0.2, -0.15) is 0 Å². The lowest BCUT2D eigenvalue weighted by atomic mass is 10.1. The summed E-state index contributed by atoms with van der Waals surface area (Å²) in [5.41, 5.74) is 0. The highest BCUT2D eigenvalue weighted by atomic mass is 31.2. The topological polar surface area (TPSA) is 119 Å². The second-order valence-corrected chi connectivity index (χ2v) is 12.0. The third kappa shape index (κ3) is 32.8. The number of hydrogen-bond donors (Lipinski definition) is 2. The maximum atomic E-state index is 12.3. The number of carbonyl (C=O) groups excluding carboxylic acids is 2. The summed E-state index contributed by atoms with van der Waals surface area (Å²) in [7, 11) is -4.76. The van der Waals surface area contributed by atoms with Crippen LogP contribution >= 0.6 is 7.82 Å². The molecule has 248 valence electrons. The van der Waals surface area contributed by atoms with Gasteiger partial charge in [0.05, 0.1) is 6.61 Å². The van der Waals surface area contributed by atoms with Crippen LogP contribution in [0.3, 0.4) is 0 Å². The number of unbranched alkanes of at least 4 members (excludes halogenated alkanes) is 11. The van der Waals surface area contributed by atoms with E-state index in [0.29, 0.717) is 12.8 Å². The van der Waals surface area contributed by atoms with E-state index in [9.17, 15) is 14.2 Å². The lowest BCUT2D eigenvalue weighted by molar-refractivity contribution is -0.161. The molecule has 0 rings (SSSR count).